The monoisotopic (exact) mass is 558 g/mol. The molecule has 2 saturated carbocycles. The largest absolute Gasteiger partial charge is 0.497 e. The standard InChI is InChI=1S/C27H28Cl2N4O3S/c1-26(2)18-11-12-27(26,3)23(34)22(18)37-25-32-31-21(33(25)16-7-10-19(28)20(29)13-16)14-30-24(35)15-5-8-17(36-4)9-6-15/h5-10,13,18,22H,11-12,14H2,1-4H3,(H,30,35). The Kier molecular flexibility index (Phi) is 6.79. The van der Waals surface area contributed by atoms with Crippen LogP contribution in [0.25, 0.3) is 5.69 Å². The number of nitrogens with zero attached hydrogens (tertiary/aromatic N) is 3. The Morgan fingerprint density at radius 3 is 2.49 bits per heavy atom. The van der Waals surface area contributed by atoms with Crippen molar-refractivity contribution < 1.29 is 14.3 Å². The van der Waals surface area contributed by atoms with E-state index in [2.05, 4.69) is 36.3 Å². The number of aromatic nitrogens is 3. The molecule has 3 unspecified atom stereocenters. The van der Waals surface area contributed by atoms with E-state index in [4.69, 9.17) is 27.9 Å². The number of benzene rings is 2. The number of rotatable bonds is 7. The number of thioether (sulfide) groups is 1. The van der Waals surface area contributed by atoms with Crippen molar-refractivity contribution in [2.45, 2.75) is 50.6 Å². The first kappa shape index (κ1) is 26.1. The minimum Gasteiger partial charge on any atom is -0.497 e. The number of methoxy groups -OCH3 is 1. The van der Waals surface area contributed by atoms with Gasteiger partial charge < -0.3 is 10.1 Å². The number of hydrogen-bond acceptors (Lipinski definition) is 6. The molecule has 3 aromatic rings. The third kappa shape index (κ3) is 4.33. The van der Waals surface area contributed by atoms with E-state index in [1.807, 2.05) is 10.6 Å². The fourth-order valence-corrected chi connectivity index (χ4v) is 7.56. The lowest BCUT2D eigenvalue weighted by Gasteiger charge is -2.32. The van der Waals surface area contributed by atoms with Crippen LogP contribution in [0.15, 0.2) is 47.6 Å². The van der Waals surface area contributed by atoms with E-state index in [-0.39, 0.29) is 40.2 Å². The second-order valence-electron chi connectivity index (χ2n) is 10.3. The molecule has 1 heterocycles. The van der Waals surface area contributed by atoms with Crippen LogP contribution in [-0.2, 0) is 11.3 Å². The molecule has 2 aromatic carbocycles. The Hall–Kier alpha value is -2.55. The molecule has 7 nitrogen and oxygen atoms in total. The van der Waals surface area contributed by atoms with Gasteiger partial charge in [0.25, 0.3) is 5.91 Å². The van der Waals surface area contributed by atoms with Gasteiger partial charge >= 0.3 is 0 Å². The number of hydrogen-bond donors (Lipinski definition) is 1. The van der Waals surface area contributed by atoms with E-state index in [9.17, 15) is 9.59 Å². The van der Waals surface area contributed by atoms with Gasteiger partial charge in [-0.2, -0.15) is 0 Å². The van der Waals surface area contributed by atoms with Crippen LogP contribution in [-0.4, -0.2) is 38.8 Å². The van der Waals surface area contributed by atoms with E-state index in [0.29, 0.717) is 38.0 Å². The van der Waals surface area contributed by atoms with Crippen molar-refractivity contribution in [3.05, 3.63) is 63.9 Å². The van der Waals surface area contributed by atoms with Crippen molar-refractivity contribution in [2.24, 2.45) is 16.7 Å². The topological polar surface area (TPSA) is 86.1 Å². The zero-order valence-electron chi connectivity index (χ0n) is 21.0. The normalized spacial score (nSPS) is 23.9. The van der Waals surface area contributed by atoms with Crippen LogP contribution in [0.3, 0.4) is 0 Å². The molecule has 0 radical (unpaired) electrons. The van der Waals surface area contributed by atoms with E-state index < -0.39 is 0 Å². The van der Waals surface area contributed by atoms with E-state index in [0.717, 1.165) is 12.8 Å². The third-order valence-corrected chi connectivity index (χ3v) is 10.3. The van der Waals surface area contributed by atoms with Crippen LogP contribution in [0.5, 0.6) is 5.75 Å². The van der Waals surface area contributed by atoms with Crippen LogP contribution in [0, 0.1) is 16.7 Å². The van der Waals surface area contributed by atoms with Gasteiger partial charge in [-0.25, -0.2) is 0 Å². The maximum atomic E-state index is 13.5. The minimum atomic E-state index is -0.334. The number of halogens is 2. The third-order valence-electron chi connectivity index (χ3n) is 8.33. The fourth-order valence-electron chi connectivity index (χ4n) is 5.63. The van der Waals surface area contributed by atoms with E-state index in [1.54, 1.807) is 43.5 Å². The summed E-state index contributed by atoms with van der Waals surface area (Å²) in [5, 5.41) is 12.9. The summed E-state index contributed by atoms with van der Waals surface area (Å²) < 4.78 is 7.01. The molecule has 0 saturated heterocycles. The number of carbonyl (C=O) groups is 2. The first-order valence-corrected chi connectivity index (χ1v) is 13.7. The maximum absolute atomic E-state index is 13.5. The molecular formula is C27H28Cl2N4O3S. The summed E-state index contributed by atoms with van der Waals surface area (Å²) in [5.74, 6) is 1.47. The predicted octanol–water partition coefficient (Wildman–Crippen LogP) is 6.00. The Bertz CT molecular complexity index is 1370. The maximum Gasteiger partial charge on any atom is 0.251 e. The molecule has 2 fully saturated rings. The number of fused-ring (bicyclic) bond motifs is 2. The van der Waals surface area contributed by atoms with Crippen molar-refractivity contribution in [2.75, 3.05) is 7.11 Å². The summed E-state index contributed by atoms with van der Waals surface area (Å²) in [6.45, 7) is 6.63. The molecule has 1 amide bonds. The molecule has 10 heteroatoms. The first-order chi connectivity index (χ1) is 17.6. The molecule has 3 atom stereocenters. The van der Waals surface area contributed by atoms with Crippen LogP contribution >= 0.6 is 35.0 Å². The average Bonchev–Trinajstić information content (AvgIpc) is 3.43. The molecule has 1 aromatic heterocycles. The van der Waals surface area contributed by atoms with Crippen molar-refractivity contribution in [1.82, 2.24) is 20.1 Å². The van der Waals surface area contributed by atoms with Gasteiger partial charge in [-0.3, -0.25) is 14.2 Å². The summed E-state index contributed by atoms with van der Waals surface area (Å²) in [7, 11) is 1.58. The highest BCUT2D eigenvalue weighted by atomic mass is 35.5. The van der Waals surface area contributed by atoms with Crippen molar-refractivity contribution in [1.29, 1.82) is 0 Å². The lowest BCUT2D eigenvalue weighted by molar-refractivity contribution is -0.127. The fraction of sp³-hybridized carbons (Fsp3) is 0.407. The highest BCUT2D eigenvalue weighted by Crippen LogP contribution is 2.66. The quantitative estimate of drug-likeness (QED) is 0.382. The van der Waals surface area contributed by atoms with Gasteiger partial charge in [0.1, 0.15) is 5.75 Å². The number of carbonyl (C=O) groups excluding carboxylic acids is 2. The molecule has 1 N–H and O–H groups in total. The lowest BCUT2D eigenvalue weighted by Crippen LogP contribution is -2.34. The summed E-state index contributed by atoms with van der Waals surface area (Å²) in [6, 6.07) is 12.1. The summed E-state index contributed by atoms with van der Waals surface area (Å²) in [4.78, 5) is 26.3. The van der Waals surface area contributed by atoms with Gasteiger partial charge in [0, 0.05) is 11.0 Å². The van der Waals surface area contributed by atoms with Crippen molar-refractivity contribution >= 4 is 46.7 Å². The zero-order chi connectivity index (χ0) is 26.5. The van der Waals surface area contributed by atoms with E-state index in [1.165, 1.54) is 11.8 Å². The molecular weight excluding hydrogens is 531 g/mol. The van der Waals surface area contributed by atoms with Crippen molar-refractivity contribution in [3.63, 3.8) is 0 Å². The Morgan fingerprint density at radius 1 is 1.14 bits per heavy atom. The van der Waals surface area contributed by atoms with Crippen molar-refractivity contribution in [3.8, 4) is 11.4 Å². The molecule has 37 heavy (non-hydrogen) atoms. The molecule has 194 valence electrons. The molecule has 5 rings (SSSR count). The number of amides is 1. The van der Waals surface area contributed by atoms with Gasteiger partial charge in [0.15, 0.2) is 16.8 Å². The van der Waals surface area contributed by atoms with Gasteiger partial charge in [-0.05, 0) is 66.6 Å². The molecule has 2 aliphatic rings. The predicted molar refractivity (Wildman–Crippen MR) is 145 cm³/mol. The average molecular weight is 560 g/mol. The lowest BCUT2D eigenvalue weighted by atomic mass is 9.70. The van der Waals surface area contributed by atoms with Gasteiger partial charge in [-0.15, -0.1) is 10.2 Å². The minimum absolute atomic E-state index is 0.0780. The highest BCUT2D eigenvalue weighted by Gasteiger charge is 2.66. The summed E-state index contributed by atoms with van der Waals surface area (Å²) >= 11 is 14.0. The SMILES string of the molecule is COc1ccc(C(=O)NCc2nnc(SC3C(=O)C4(C)CCC3C4(C)C)n2-c2ccc(Cl)c(Cl)c2)cc1. The zero-order valence-corrected chi connectivity index (χ0v) is 23.4. The Morgan fingerprint density at radius 2 is 1.86 bits per heavy atom. The molecule has 2 bridgehead atoms. The smallest absolute Gasteiger partial charge is 0.251 e. The van der Waals surface area contributed by atoms with Crippen LogP contribution in [0.4, 0.5) is 0 Å². The highest BCUT2D eigenvalue weighted by molar-refractivity contribution is 8.00. The van der Waals surface area contributed by atoms with Crippen LogP contribution in [0.1, 0.15) is 49.8 Å². The van der Waals surface area contributed by atoms with Gasteiger partial charge in [-0.1, -0.05) is 55.7 Å². The second kappa shape index (κ2) is 9.64. The summed E-state index contributed by atoms with van der Waals surface area (Å²) in [5.41, 5.74) is 0.792. The van der Waals surface area contributed by atoms with Gasteiger partial charge in [0.2, 0.25) is 0 Å². The number of nitrogens with one attached hydrogen (secondary N) is 1. The Balaban J connectivity index is 1.45. The van der Waals surface area contributed by atoms with E-state index >= 15 is 0 Å². The number of ether oxygens (including phenoxy) is 1. The first-order valence-electron chi connectivity index (χ1n) is 12.1. The molecule has 2 aliphatic carbocycles. The second-order valence-corrected chi connectivity index (χ2v) is 12.3. The number of Topliss-reactive ketones (excluding diaryl/α,β-unsaturated/α-hetero) is 1. The summed E-state index contributed by atoms with van der Waals surface area (Å²) in [6.07, 6.45) is 1.93. The molecule has 0 aliphatic heterocycles. The van der Waals surface area contributed by atoms with Crippen LogP contribution < -0.4 is 10.1 Å². The Labute approximate surface area is 230 Å². The number of ketones is 1. The molecule has 0 spiro atoms. The van der Waals surface area contributed by atoms with Crippen LogP contribution in [0.2, 0.25) is 10.0 Å². The van der Waals surface area contributed by atoms with Gasteiger partial charge in [0.05, 0.1) is 34.6 Å².